The second-order valence-corrected chi connectivity index (χ2v) is 2.69. The van der Waals surface area contributed by atoms with Crippen molar-refractivity contribution in [3.63, 3.8) is 0 Å². The molecule has 0 heterocycles. The Labute approximate surface area is 71.4 Å². The lowest BCUT2D eigenvalue weighted by Gasteiger charge is -2.09. The van der Waals surface area contributed by atoms with Crippen molar-refractivity contribution in [2.45, 2.75) is 0 Å². The first-order valence-corrected chi connectivity index (χ1v) is 3.61. The van der Waals surface area contributed by atoms with E-state index in [4.69, 9.17) is 16.5 Å². The Morgan fingerprint density at radius 1 is 1.45 bits per heavy atom. The van der Waals surface area contributed by atoms with E-state index in [0.717, 1.165) is 11.4 Å². The van der Waals surface area contributed by atoms with Gasteiger partial charge < -0.3 is 4.74 Å². The molecule has 0 aliphatic heterocycles. The molecule has 1 aromatic rings. The van der Waals surface area contributed by atoms with Gasteiger partial charge in [0.2, 0.25) is 0 Å². The molecule has 0 saturated heterocycles. The van der Waals surface area contributed by atoms with Gasteiger partial charge >= 0.3 is 0 Å². The number of hydrogen-bond donors (Lipinski definition) is 0. The monoisotopic (exact) mass is 171 g/mol. The van der Waals surface area contributed by atoms with Crippen LogP contribution in [-0.2, 0) is 0 Å². The summed E-state index contributed by atoms with van der Waals surface area (Å²) in [7, 11) is 3.41. The van der Waals surface area contributed by atoms with Crippen LogP contribution in [0, 0.1) is 0 Å². The van der Waals surface area contributed by atoms with Crippen LogP contribution < -0.4 is 9.16 Å². The number of halogens is 1. The normalized spacial score (nSPS) is 9.36. The van der Waals surface area contributed by atoms with Crippen molar-refractivity contribution in [2.24, 2.45) is 0 Å². The number of nitrogens with zero attached hydrogens (tertiary/aromatic N) is 1. The highest BCUT2D eigenvalue weighted by Crippen LogP contribution is 2.20. The fourth-order valence-electron chi connectivity index (χ4n) is 0.802. The first-order chi connectivity index (χ1) is 5.24. The van der Waals surface area contributed by atoms with Gasteiger partial charge in [-0.3, -0.25) is 4.42 Å². The molecular weight excluding hydrogens is 162 g/mol. The Kier molecular flexibility index (Phi) is 2.60. The SMILES string of the molecule is COc1cccc(N(C)Cl)c1. The summed E-state index contributed by atoms with van der Waals surface area (Å²) in [5, 5.41) is 0. The van der Waals surface area contributed by atoms with Gasteiger partial charge in [-0.05, 0) is 12.1 Å². The number of hydrogen-bond acceptors (Lipinski definition) is 2. The molecule has 0 spiro atoms. The Morgan fingerprint density at radius 2 is 2.18 bits per heavy atom. The van der Waals surface area contributed by atoms with Crippen LogP contribution in [0.5, 0.6) is 5.75 Å². The first-order valence-electron chi connectivity index (χ1n) is 3.27. The lowest BCUT2D eigenvalue weighted by atomic mass is 10.3. The van der Waals surface area contributed by atoms with E-state index < -0.39 is 0 Å². The molecule has 0 aromatic heterocycles. The summed E-state index contributed by atoms with van der Waals surface area (Å²) in [4.78, 5) is 0. The maximum Gasteiger partial charge on any atom is 0.120 e. The van der Waals surface area contributed by atoms with Crippen molar-refractivity contribution in [1.29, 1.82) is 0 Å². The van der Waals surface area contributed by atoms with E-state index in [1.54, 1.807) is 14.2 Å². The molecule has 0 saturated carbocycles. The molecule has 0 amide bonds. The molecular formula is C8H10ClNO. The largest absolute Gasteiger partial charge is 0.497 e. The van der Waals surface area contributed by atoms with E-state index in [2.05, 4.69) is 0 Å². The lowest BCUT2D eigenvalue weighted by Crippen LogP contribution is -1.99. The molecule has 11 heavy (non-hydrogen) atoms. The highest BCUT2D eigenvalue weighted by molar-refractivity contribution is 6.25. The average Bonchev–Trinajstić information content (AvgIpc) is 2.05. The Bertz CT molecular complexity index is 237. The summed E-state index contributed by atoms with van der Waals surface area (Å²) in [6, 6.07) is 7.56. The summed E-state index contributed by atoms with van der Waals surface area (Å²) in [6.07, 6.45) is 0. The second-order valence-electron chi connectivity index (χ2n) is 2.18. The number of ether oxygens (including phenoxy) is 1. The van der Waals surface area contributed by atoms with E-state index >= 15 is 0 Å². The second kappa shape index (κ2) is 3.49. The van der Waals surface area contributed by atoms with Crippen LogP contribution in [0.25, 0.3) is 0 Å². The molecule has 0 fully saturated rings. The average molecular weight is 172 g/mol. The van der Waals surface area contributed by atoms with Gasteiger partial charge in [0.25, 0.3) is 0 Å². The van der Waals surface area contributed by atoms with Gasteiger partial charge in [0.1, 0.15) is 5.75 Å². The Balaban J connectivity index is 2.91. The van der Waals surface area contributed by atoms with Gasteiger partial charge in [0, 0.05) is 24.9 Å². The molecule has 0 bridgehead atoms. The van der Waals surface area contributed by atoms with Gasteiger partial charge in [0.05, 0.1) is 12.8 Å². The third kappa shape index (κ3) is 2.02. The van der Waals surface area contributed by atoms with Gasteiger partial charge in [0.15, 0.2) is 0 Å². The zero-order valence-electron chi connectivity index (χ0n) is 6.54. The molecule has 2 nitrogen and oxygen atoms in total. The molecule has 0 atom stereocenters. The van der Waals surface area contributed by atoms with Crippen molar-refractivity contribution in [3.8, 4) is 5.75 Å². The standard InChI is InChI=1S/C8H10ClNO/c1-10(9)7-4-3-5-8(6-7)11-2/h3-6H,1-2H3. The maximum absolute atomic E-state index is 5.71. The zero-order chi connectivity index (χ0) is 8.27. The van der Waals surface area contributed by atoms with Gasteiger partial charge in [-0.25, -0.2) is 0 Å². The number of rotatable bonds is 2. The predicted molar refractivity (Wildman–Crippen MR) is 47.3 cm³/mol. The van der Waals surface area contributed by atoms with Crippen LogP contribution >= 0.6 is 11.8 Å². The van der Waals surface area contributed by atoms with E-state index in [-0.39, 0.29) is 0 Å². The molecule has 0 aliphatic carbocycles. The first kappa shape index (κ1) is 8.21. The minimum absolute atomic E-state index is 0.815. The Hall–Kier alpha value is -0.890. The van der Waals surface area contributed by atoms with Crippen molar-refractivity contribution >= 4 is 17.5 Å². The van der Waals surface area contributed by atoms with Gasteiger partial charge in [-0.15, -0.1) is 0 Å². The van der Waals surface area contributed by atoms with Crippen LogP contribution in [0.4, 0.5) is 5.69 Å². The quantitative estimate of drug-likeness (QED) is 0.634. The van der Waals surface area contributed by atoms with E-state index in [1.807, 2.05) is 24.3 Å². The fraction of sp³-hybridized carbons (Fsp3) is 0.250. The van der Waals surface area contributed by atoms with Crippen LogP contribution in [0.3, 0.4) is 0 Å². The lowest BCUT2D eigenvalue weighted by molar-refractivity contribution is 0.415. The van der Waals surface area contributed by atoms with Crippen LogP contribution in [-0.4, -0.2) is 14.2 Å². The smallest absolute Gasteiger partial charge is 0.120 e. The molecule has 0 N–H and O–H groups in total. The fourth-order valence-corrected chi connectivity index (χ4v) is 0.907. The van der Waals surface area contributed by atoms with Crippen molar-refractivity contribution in [2.75, 3.05) is 18.6 Å². The summed E-state index contributed by atoms with van der Waals surface area (Å²) in [5.74, 6) is 0.815. The van der Waals surface area contributed by atoms with Crippen molar-refractivity contribution in [1.82, 2.24) is 0 Å². The minimum Gasteiger partial charge on any atom is -0.497 e. The molecule has 0 unspecified atom stereocenters. The summed E-state index contributed by atoms with van der Waals surface area (Å²) in [5.41, 5.74) is 0.922. The predicted octanol–water partition coefficient (Wildman–Crippen LogP) is 2.29. The van der Waals surface area contributed by atoms with Crippen LogP contribution in [0.1, 0.15) is 0 Å². The molecule has 1 aromatic carbocycles. The highest BCUT2D eigenvalue weighted by Gasteiger charge is 1.97. The molecule has 60 valence electrons. The molecule has 3 heteroatoms. The van der Waals surface area contributed by atoms with Crippen LogP contribution in [0.2, 0.25) is 0 Å². The number of benzene rings is 1. The molecule has 0 aliphatic rings. The van der Waals surface area contributed by atoms with Gasteiger partial charge in [-0.1, -0.05) is 6.07 Å². The summed E-state index contributed by atoms with van der Waals surface area (Å²) >= 11 is 5.71. The third-order valence-corrected chi connectivity index (χ3v) is 1.60. The minimum atomic E-state index is 0.815. The maximum atomic E-state index is 5.71. The summed E-state index contributed by atoms with van der Waals surface area (Å²) in [6.45, 7) is 0. The van der Waals surface area contributed by atoms with Crippen molar-refractivity contribution in [3.05, 3.63) is 24.3 Å². The van der Waals surface area contributed by atoms with E-state index in [9.17, 15) is 0 Å². The highest BCUT2D eigenvalue weighted by atomic mass is 35.5. The number of anilines is 1. The van der Waals surface area contributed by atoms with Crippen molar-refractivity contribution < 1.29 is 4.74 Å². The number of methoxy groups -OCH3 is 1. The van der Waals surface area contributed by atoms with E-state index in [0.29, 0.717) is 0 Å². The topological polar surface area (TPSA) is 12.5 Å². The molecule has 0 radical (unpaired) electrons. The van der Waals surface area contributed by atoms with E-state index in [1.165, 1.54) is 4.42 Å². The van der Waals surface area contributed by atoms with Gasteiger partial charge in [-0.2, -0.15) is 0 Å². The summed E-state index contributed by atoms with van der Waals surface area (Å²) < 4.78 is 6.54. The zero-order valence-corrected chi connectivity index (χ0v) is 7.30. The van der Waals surface area contributed by atoms with Crippen LogP contribution in [0.15, 0.2) is 24.3 Å². The molecule has 1 rings (SSSR count). The Morgan fingerprint density at radius 3 is 2.73 bits per heavy atom. The third-order valence-electron chi connectivity index (χ3n) is 1.41.